The van der Waals surface area contributed by atoms with E-state index in [2.05, 4.69) is 10.2 Å². The second kappa shape index (κ2) is 5.74. The molecule has 7 heteroatoms. The third-order valence-corrected chi connectivity index (χ3v) is 3.53. The number of hydrogen-bond donors (Lipinski definition) is 2. The number of aromatic nitrogens is 3. The molecule has 0 aliphatic rings. The smallest absolute Gasteiger partial charge is 0.343 e. The van der Waals surface area contributed by atoms with Crippen molar-refractivity contribution in [2.24, 2.45) is 0 Å². The van der Waals surface area contributed by atoms with Crippen LogP contribution in [0.15, 0.2) is 9.95 Å². The number of carboxylic acids is 1. The summed E-state index contributed by atoms with van der Waals surface area (Å²) in [5.41, 5.74) is -0.254. The monoisotopic (exact) mass is 245 g/mol. The lowest BCUT2D eigenvalue weighted by Gasteiger charge is -2.10. The molecule has 1 heterocycles. The van der Waals surface area contributed by atoms with Gasteiger partial charge >= 0.3 is 11.7 Å². The van der Waals surface area contributed by atoms with Gasteiger partial charge in [0.1, 0.15) is 0 Å². The third kappa shape index (κ3) is 3.13. The van der Waals surface area contributed by atoms with Gasteiger partial charge in [0.2, 0.25) is 0 Å². The number of hydrogen-bond acceptors (Lipinski definition) is 4. The Bertz CT molecular complexity index is 412. The zero-order valence-electron chi connectivity index (χ0n) is 9.27. The first-order chi connectivity index (χ1) is 7.58. The highest BCUT2D eigenvalue weighted by atomic mass is 32.2. The minimum Gasteiger partial charge on any atom is -0.481 e. The van der Waals surface area contributed by atoms with Gasteiger partial charge in [0.05, 0.1) is 6.42 Å². The van der Waals surface area contributed by atoms with Crippen molar-refractivity contribution in [3.63, 3.8) is 0 Å². The first kappa shape index (κ1) is 12.8. The molecule has 90 valence electrons. The Hall–Kier alpha value is -1.24. The van der Waals surface area contributed by atoms with Crippen molar-refractivity contribution >= 4 is 17.7 Å². The summed E-state index contributed by atoms with van der Waals surface area (Å²) >= 11 is 1.33. The quantitative estimate of drug-likeness (QED) is 0.728. The van der Waals surface area contributed by atoms with Gasteiger partial charge in [0.15, 0.2) is 5.16 Å². The highest BCUT2D eigenvalue weighted by Gasteiger charge is 2.16. The van der Waals surface area contributed by atoms with Crippen molar-refractivity contribution < 1.29 is 9.90 Å². The highest BCUT2D eigenvalue weighted by Crippen LogP contribution is 2.24. The molecule has 2 N–H and O–H groups in total. The van der Waals surface area contributed by atoms with E-state index in [1.807, 2.05) is 13.8 Å². The molecule has 0 bridgehead atoms. The number of nitrogens with zero attached hydrogens (tertiary/aromatic N) is 2. The van der Waals surface area contributed by atoms with Crippen LogP contribution in [0.25, 0.3) is 0 Å². The predicted octanol–water partition coefficient (Wildman–Crippen LogP) is 0.937. The van der Waals surface area contributed by atoms with Gasteiger partial charge in [-0.25, -0.2) is 9.89 Å². The van der Waals surface area contributed by atoms with Gasteiger partial charge in [-0.2, -0.15) is 0 Å². The normalized spacial score (nSPS) is 12.6. The molecule has 1 rings (SSSR count). The molecule has 1 aromatic rings. The lowest BCUT2D eigenvalue weighted by Crippen LogP contribution is -2.17. The summed E-state index contributed by atoms with van der Waals surface area (Å²) in [7, 11) is 0. The maximum atomic E-state index is 11.3. The van der Waals surface area contributed by atoms with Crippen LogP contribution < -0.4 is 5.69 Å². The zero-order valence-corrected chi connectivity index (χ0v) is 10.1. The van der Waals surface area contributed by atoms with E-state index in [1.165, 1.54) is 16.3 Å². The van der Waals surface area contributed by atoms with E-state index in [9.17, 15) is 9.59 Å². The van der Waals surface area contributed by atoms with E-state index in [4.69, 9.17) is 5.11 Å². The Morgan fingerprint density at radius 1 is 1.62 bits per heavy atom. The van der Waals surface area contributed by atoms with Crippen LogP contribution in [-0.4, -0.2) is 31.1 Å². The molecule has 0 spiro atoms. The van der Waals surface area contributed by atoms with Gasteiger partial charge in [-0.05, 0) is 13.3 Å². The Balaban J connectivity index is 2.77. The summed E-state index contributed by atoms with van der Waals surface area (Å²) in [6, 6.07) is 0. The van der Waals surface area contributed by atoms with E-state index < -0.39 is 5.97 Å². The summed E-state index contributed by atoms with van der Waals surface area (Å²) < 4.78 is 1.50. The SMILES string of the molecule is CCC(CC(=O)O)Sc1n[nH]c(=O)n1CC. The molecule has 0 saturated carbocycles. The Labute approximate surface area is 97.1 Å². The average Bonchev–Trinajstić information content (AvgIpc) is 2.57. The van der Waals surface area contributed by atoms with Crippen molar-refractivity contribution in [3.05, 3.63) is 10.5 Å². The molecule has 1 atom stereocenters. The number of aliphatic carboxylic acids is 1. The summed E-state index contributed by atoms with van der Waals surface area (Å²) in [4.78, 5) is 21.9. The van der Waals surface area contributed by atoms with Crippen LogP contribution in [0.3, 0.4) is 0 Å². The summed E-state index contributed by atoms with van der Waals surface area (Å²) in [6.07, 6.45) is 0.799. The fraction of sp³-hybridized carbons (Fsp3) is 0.667. The van der Waals surface area contributed by atoms with Gasteiger partial charge < -0.3 is 5.11 Å². The molecule has 0 radical (unpaired) electrons. The summed E-state index contributed by atoms with van der Waals surface area (Å²) in [6.45, 7) is 4.29. The van der Waals surface area contributed by atoms with Crippen molar-refractivity contribution in [2.45, 2.75) is 43.6 Å². The number of rotatable bonds is 6. The molecule has 0 aliphatic heterocycles. The van der Waals surface area contributed by atoms with Crippen molar-refractivity contribution in [3.8, 4) is 0 Å². The maximum Gasteiger partial charge on any atom is 0.343 e. The molecule has 1 unspecified atom stereocenters. The van der Waals surface area contributed by atoms with Crippen LogP contribution in [0, 0.1) is 0 Å². The molecular weight excluding hydrogens is 230 g/mol. The minimum atomic E-state index is -0.833. The van der Waals surface area contributed by atoms with Gasteiger partial charge in [0.25, 0.3) is 0 Å². The molecule has 16 heavy (non-hydrogen) atoms. The molecule has 6 nitrogen and oxygen atoms in total. The van der Waals surface area contributed by atoms with Crippen LogP contribution in [0.2, 0.25) is 0 Å². The highest BCUT2D eigenvalue weighted by molar-refractivity contribution is 7.99. The second-order valence-electron chi connectivity index (χ2n) is 3.30. The zero-order chi connectivity index (χ0) is 12.1. The standard InChI is InChI=1S/C9H15N3O3S/c1-3-6(5-7(13)14)16-9-11-10-8(15)12(9)4-2/h6H,3-5H2,1-2H3,(H,10,15)(H,13,14). The van der Waals surface area contributed by atoms with Crippen molar-refractivity contribution in [2.75, 3.05) is 0 Å². The summed E-state index contributed by atoms with van der Waals surface area (Å²) in [5, 5.41) is 15.5. The first-order valence-electron chi connectivity index (χ1n) is 5.12. The van der Waals surface area contributed by atoms with Crippen molar-refractivity contribution in [1.82, 2.24) is 14.8 Å². The molecule has 1 aromatic heterocycles. The van der Waals surface area contributed by atoms with Crippen LogP contribution in [0.4, 0.5) is 0 Å². The average molecular weight is 245 g/mol. The third-order valence-electron chi connectivity index (χ3n) is 2.17. The van der Waals surface area contributed by atoms with Gasteiger partial charge in [-0.1, -0.05) is 18.7 Å². The molecule has 0 amide bonds. The fourth-order valence-electron chi connectivity index (χ4n) is 1.29. The van der Waals surface area contributed by atoms with Crippen LogP contribution in [0.1, 0.15) is 26.7 Å². The maximum absolute atomic E-state index is 11.3. The van der Waals surface area contributed by atoms with Crippen LogP contribution in [-0.2, 0) is 11.3 Å². The van der Waals surface area contributed by atoms with Crippen molar-refractivity contribution in [1.29, 1.82) is 0 Å². The number of carbonyl (C=O) groups is 1. The largest absolute Gasteiger partial charge is 0.481 e. The number of aromatic amines is 1. The Morgan fingerprint density at radius 2 is 2.31 bits per heavy atom. The van der Waals surface area contributed by atoms with E-state index >= 15 is 0 Å². The Morgan fingerprint density at radius 3 is 2.81 bits per heavy atom. The lowest BCUT2D eigenvalue weighted by molar-refractivity contribution is -0.136. The number of nitrogens with one attached hydrogen (secondary N) is 1. The molecule has 0 saturated heterocycles. The molecular formula is C9H15N3O3S. The predicted molar refractivity (Wildman–Crippen MR) is 60.7 cm³/mol. The van der Waals surface area contributed by atoms with E-state index in [0.717, 1.165) is 6.42 Å². The van der Waals surface area contributed by atoms with E-state index in [0.29, 0.717) is 11.7 Å². The number of thioether (sulfide) groups is 1. The summed E-state index contributed by atoms with van der Waals surface area (Å²) in [5.74, 6) is -0.833. The topological polar surface area (TPSA) is 88.0 Å². The van der Waals surface area contributed by atoms with Gasteiger partial charge in [-0.15, -0.1) is 5.10 Å². The fourth-order valence-corrected chi connectivity index (χ4v) is 2.41. The second-order valence-corrected chi connectivity index (χ2v) is 4.57. The molecule has 0 aliphatic carbocycles. The van der Waals surface area contributed by atoms with Gasteiger partial charge in [-0.3, -0.25) is 9.36 Å². The first-order valence-corrected chi connectivity index (χ1v) is 6.00. The van der Waals surface area contributed by atoms with Crippen LogP contribution >= 0.6 is 11.8 Å². The number of H-pyrrole nitrogens is 1. The minimum absolute atomic E-state index is 0.0574. The lowest BCUT2D eigenvalue weighted by atomic mass is 10.2. The molecule has 0 fully saturated rings. The molecule has 0 aromatic carbocycles. The van der Waals surface area contributed by atoms with E-state index in [1.54, 1.807) is 0 Å². The number of carboxylic acid groups (broad SMARTS) is 1. The Kier molecular flexibility index (Phi) is 4.60. The van der Waals surface area contributed by atoms with Gasteiger partial charge in [0, 0.05) is 11.8 Å². The van der Waals surface area contributed by atoms with E-state index in [-0.39, 0.29) is 17.4 Å². The van der Waals surface area contributed by atoms with Crippen LogP contribution in [0.5, 0.6) is 0 Å².